The van der Waals surface area contributed by atoms with Crippen LogP contribution in [0.5, 0.6) is 0 Å². The van der Waals surface area contributed by atoms with Crippen LogP contribution in [-0.2, 0) is 14.3 Å². The Hall–Kier alpha value is -2.29. The SMILES string of the molecule is CC(C)OC(=O)CN1C(=O)S/C(=C\c2coc3c(Cl)cc(Cl)cc3c2=O)C1=O. The molecule has 0 aliphatic carbocycles. The van der Waals surface area contributed by atoms with Gasteiger partial charge in [0.2, 0.25) is 0 Å². The number of ether oxygens (including phenoxy) is 1. The standard InChI is InChI=1S/C18H13Cl2NO6S/c1-8(2)27-14(22)6-21-17(24)13(28-18(21)25)3-9-7-26-16-11(15(9)23)4-10(19)5-12(16)20/h3-5,7-8H,6H2,1-2H3/b13-3-. The second kappa shape index (κ2) is 7.98. The van der Waals surface area contributed by atoms with Gasteiger partial charge >= 0.3 is 5.97 Å². The van der Waals surface area contributed by atoms with E-state index in [4.69, 9.17) is 32.4 Å². The van der Waals surface area contributed by atoms with E-state index in [0.717, 1.165) is 11.2 Å². The van der Waals surface area contributed by atoms with E-state index in [0.29, 0.717) is 11.8 Å². The normalized spacial score (nSPS) is 15.9. The highest BCUT2D eigenvalue weighted by molar-refractivity contribution is 8.18. The number of nitrogens with zero attached hydrogens (tertiary/aromatic N) is 1. The van der Waals surface area contributed by atoms with Gasteiger partial charge in [0.05, 0.1) is 27.0 Å². The van der Waals surface area contributed by atoms with Crippen LogP contribution in [0.2, 0.25) is 10.0 Å². The molecule has 0 saturated carbocycles. The number of hydrogen-bond donors (Lipinski definition) is 0. The summed E-state index contributed by atoms with van der Waals surface area (Å²) in [6, 6.07) is 2.84. The van der Waals surface area contributed by atoms with Crippen molar-refractivity contribution >= 4 is 69.1 Å². The fourth-order valence-electron chi connectivity index (χ4n) is 2.49. The number of benzene rings is 1. The number of thioether (sulfide) groups is 1. The Kier molecular flexibility index (Phi) is 5.83. The fourth-order valence-corrected chi connectivity index (χ4v) is 3.85. The summed E-state index contributed by atoms with van der Waals surface area (Å²) in [4.78, 5) is 49.7. The zero-order valence-electron chi connectivity index (χ0n) is 14.7. The Labute approximate surface area is 173 Å². The van der Waals surface area contributed by atoms with Crippen LogP contribution in [-0.4, -0.2) is 34.7 Å². The number of carbonyl (C=O) groups excluding carboxylic acids is 3. The van der Waals surface area contributed by atoms with Gasteiger partial charge in [0, 0.05) is 5.02 Å². The van der Waals surface area contributed by atoms with Gasteiger partial charge in [-0.15, -0.1) is 0 Å². The first-order valence-electron chi connectivity index (χ1n) is 8.02. The van der Waals surface area contributed by atoms with Gasteiger partial charge in [-0.2, -0.15) is 0 Å². The lowest BCUT2D eigenvalue weighted by molar-refractivity contribution is -0.149. The number of halogens is 2. The Morgan fingerprint density at radius 3 is 2.68 bits per heavy atom. The second-order valence-electron chi connectivity index (χ2n) is 6.09. The van der Waals surface area contributed by atoms with Crippen molar-refractivity contribution in [3.63, 3.8) is 0 Å². The average Bonchev–Trinajstić information content (AvgIpc) is 2.84. The molecule has 0 unspecified atom stereocenters. The highest BCUT2D eigenvalue weighted by atomic mass is 35.5. The van der Waals surface area contributed by atoms with E-state index in [1.54, 1.807) is 13.8 Å². The number of imide groups is 1. The Balaban J connectivity index is 1.93. The molecule has 0 radical (unpaired) electrons. The van der Waals surface area contributed by atoms with Crippen LogP contribution in [0.1, 0.15) is 19.4 Å². The van der Waals surface area contributed by atoms with E-state index in [-0.39, 0.29) is 37.6 Å². The number of fused-ring (bicyclic) bond motifs is 1. The molecule has 1 aromatic heterocycles. The van der Waals surface area contributed by atoms with Crippen molar-refractivity contribution in [2.75, 3.05) is 6.54 Å². The van der Waals surface area contributed by atoms with Gasteiger partial charge in [-0.05, 0) is 43.8 Å². The van der Waals surface area contributed by atoms with Gasteiger partial charge in [0.15, 0.2) is 11.0 Å². The molecule has 1 aliphatic heterocycles. The maximum atomic E-state index is 12.7. The highest BCUT2D eigenvalue weighted by Gasteiger charge is 2.37. The molecule has 1 aliphatic rings. The molecule has 7 nitrogen and oxygen atoms in total. The molecule has 0 bridgehead atoms. The van der Waals surface area contributed by atoms with Crippen LogP contribution in [0.15, 0.2) is 32.5 Å². The fraction of sp³-hybridized carbons (Fsp3) is 0.222. The Bertz CT molecular complexity index is 1090. The smallest absolute Gasteiger partial charge is 0.326 e. The topological polar surface area (TPSA) is 93.9 Å². The summed E-state index contributed by atoms with van der Waals surface area (Å²) in [5.74, 6) is -1.40. The summed E-state index contributed by atoms with van der Waals surface area (Å²) in [6.45, 7) is 2.81. The summed E-state index contributed by atoms with van der Waals surface area (Å²) in [5, 5.41) is -0.0553. The molecule has 0 N–H and O–H groups in total. The number of esters is 1. The average molecular weight is 442 g/mol. The van der Waals surface area contributed by atoms with Crippen molar-refractivity contribution in [2.45, 2.75) is 20.0 Å². The van der Waals surface area contributed by atoms with Crippen LogP contribution in [0.25, 0.3) is 17.0 Å². The summed E-state index contributed by atoms with van der Waals surface area (Å²) in [7, 11) is 0. The van der Waals surface area contributed by atoms with E-state index in [1.165, 1.54) is 18.2 Å². The number of amides is 2. The number of rotatable bonds is 4. The largest absolute Gasteiger partial charge is 0.462 e. The molecule has 2 aromatic rings. The van der Waals surface area contributed by atoms with Crippen molar-refractivity contribution in [1.82, 2.24) is 4.90 Å². The molecule has 1 saturated heterocycles. The number of hydrogen-bond acceptors (Lipinski definition) is 7. The van der Waals surface area contributed by atoms with Crippen LogP contribution in [0.3, 0.4) is 0 Å². The summed E-state index contributed by atoms with van der Waals surface area (Å²) in [5.41, 5.74) is -0.254. The molecule has 3 rings (SSSR count). The van der Waals surface area contributed by atoms with Crippen LogP contribution < -0.4 is 5.43 Å². The zero-order chi connectivity index (χ0) is 20.6. The third-order valence-electron chi connectivity index (χ3n) is 3.63. The Morgan fingerprint density at radius 1 is 1.29 bits per heavy atom. The maximum absolute atomic E-state index is 12.7. The van der Waals surface area contributed by atoms with Gasteiger partial charge in [0.25, 0.3) is 11.1 Å². The highest BCUT2D eigenvalue weighted by Crippen LogP contribution is 2.32. The Morgan fingerprint density at radius 2 is 2.00 bits per heavy atom. The summed E-state index contributed by atoms with van der Waals surface area (Å²) in [6.07, 6.45) is 2.01. The van der Waals surface area contributed by atoms with Crippen molar-refractivity contribution in [3.05, 3.63) is 49.1 Å². The van der Waals surface area contributed by atoms with E-state index < -0.39 is 29.1 Å². The van der Waals surface area contributed by atoms with Crippen molar-refractivity contribution in [1.29, 1.82) is 0 Å². The first-order chi connectivity index (χ1) is 13.2. The lowest BCUT2D eigenvalue weighted by Crippen LogP contribution is -2.35. The van der Waals surface area contributed by atoms with Crippen molar-refractivity contribution < 1.29 is 23.5 Å². The monoisotopic (exact) mass is 441 g/mol. The quantitative estimate of drug-likeness (QED) is 0.520. The molecule has 146 valence electrons. The third kappa shape index (κ3) is 4.09. The molecule has 1 fully saturated rings. The molecule has 10 heteroatoms. The summed E-state index contributed by atoms with van der Waals surface area (Å²) < 4.78 is 10.3. The van der Waals surface area contributed by atoms with E-state index in [1.807, 2.05) is 0 Å². The predicted molar refractivity (Wildman–Crippen MR) is 106 cm³/mol. The number of carbonyl (C=O) groups is 3. The molecule has 2 amide bonds. The first kappa shape index (κ1) is 20.4. The molecular formula is C18H13Cl2NO6S. The van der Waals surface area contributed by atoms with Crippen LogP contribution in [0.4, 0.5) is 4.79 Å². The molecule has 2 heterocycles. The van der Waals surface area contributed by atoms with Crippen LogP contribution in [0, 0.1) is 0 Å². The summed E-state index contributed by atoms with van der Waals surface area (Å²) >= 11 is 12.6. The third-order valence-corrected chi connectivity index (χ3v) is 5.04. The second-order valence-corrected chi connectivity index (χ2v) is 7.93. The van der Waals surface area contributed by atoms with Crippen LogP contribution >= 0.6 is 35.0 Å². The minimum absolute atomic E-state index is 0.0119. The van der Waals surface area contributed by atoms with E-state index in [9.17, 15) is 19.2 Å². The van der Waals surface area contributed by atoms with Crippen molar-refractivity contribution in [3.8, 4) is 0 Å². The lowest BCUT2D eigenvalue weighted by Gasteiger charge is -2.13. The van der Waals surface area contributed by atoms with Crippen molar-refractivity contribution in [2.24, 2.45) is 0 Å². The van der Waals surface area contributed by atoms with Gasteiger partial charge in [-0.1, -0.05) is 23.2 Å². The first-order valence-corrected chi connectivity index (χ1v) is 9.60. The molecule has 0 atom stereocenters. The molecular weight excluding hydrogens is 429 g/mol. The van der Waals surface area contributed by atoms with Gasteiger partial charge in [-0.3, -0.25) is 24.1 Å². The molecule has 0 spiro atoms. The minimum atomic E-state index is -0.701. The van der Waals surface area contributed by atoms with Gasteiger partial charge < -0.3 is 9.15 Å². The maximum Gasteiger partial charge on any atom is 0.326 e. The van der Waals surface area contributed by atoms with E-state index in [2.05, 4.69) is 0 Å². The molecule has 1 aromatic carbocycles. The minimum Gasteiger partial charge on any atom is -0.462 e. The lowest BCUT2D eigenvalue weighted by atomic mass is 10.1. The molecule has 28 heavy (non-hydrogen) atoms. The zero-order valence-corrected chi connectivity index (χ0v) is 17.0. The predicted octanol–water partition coefficient (Wildman–Crippen LogP) is 4.09. The van der Waals surface area contributed by atoms with Gasteiger partial charge in [0.1, 0.15) is 12.8 Å². The van der Waals surface area contributed by atoms with Gasteiger partial charge in [-0.25, -0.2) is 0 Å². The van der Waals surface area contributed by atoms with E-state index >= 15 is 0 Å².